The van der Waals surface area contributed by atoms with Gasteiger partial charge in [-0.1, -0.05) is 53.7 Å². The summed E-state index contributed by atoms with van der Waals surface area (Å²) in [5, 5.41) is 19.1. The van der Waals surface area contributed by atoms with Crippen LogP contribution in [0.3, 0.4) is 0 Å². The summed E-state index contributed by atoms with van der Waals surface area (Å²) < 4.78 is 40.4. The van der Waals surface area contributed by atoms with Crippen molar-refractivity contribution in [3.8, 4) is 17.3 Å². The minimum atomic E-state index is -4.60. The van der Waals surface area contributed by atoms with E-state index >= 15 is 0 Å². The molecule has 3 heterocycles. The normalized spacial score (nSPS) is 12.6. The Morgan fingerprint density at radius 3 is 2.72 bits per heavy atom. The maximum atomic E-state index is 13.1. The van der Waals surface area contributed by atoms with Gasteiger partial charge in [-0.25, -0.2) is 4.98 Å². The van der Waals surface area contributed by atoms with Gasteiger partial charge >= 0.3 is 6.18 Å². The lowest BCUT2D eigenvalue weighted by Crippen LogP contribution is -2.13. The third-order valence-electron chi connectivity index (χ3n) is 4.39. The molecule has 0 saturated carbocycles. The van der Waals surface area contributed by atoms with Crippen LogP contribution in [0.5, 0.6) is 0 Å². The minimum absolute atomic E-state index is 0.0406. The second kappa shape index (κ2) is 8.90. The van der Waals surface area contributed by atoms with E-state index in [1.165, 1.54) is 11.3 Å². The van der Waals surface area contributed by atoms with E-state index in [2.05, 4.69) is 15.2 Å². The monoisotopic (exact) mass is 493 g/mol. The maximum Gasteiger partial charge on any atom is 0.417 e. The zero-order valence-corrected chi connectivity index (χ0v) is 18.3. The summed E-state index contributed by atoms with van der Waals surface area (Å²) in [5.41, 5.74) is 0.595. The molecule has 0 aliphatic rings. The van der Waals surface area contributed by atoms with Gasteiger partial charge in [-0.05, 0) is 6.07 Å². The molecular formula is C20H11ClF3N5OS2. The van der Waals surface area contributed by atoms with Gasteiger partial charge in [-0.3, -0.25) is 9.20 Å². The van der Waals surface area contributed by atoms with Crippen LogP contribution in [0, 0.1) is 11.3 Å². The van der Waals surface area contributed by atoms with Crippen LogP contribution in [0.4, 0.5) is 13.2 Å². The van der Waals surface area contributed by atoms with E-state index < -0.39 is 23.4 Å². The number of nitrogens with zero attached hydrogens (tertiary/aromatic N) is 5. The number of hydrogen-bond acceptors (Lipinski definition) is 7. The number of alkyl halides is 3. The summed E-state index contributed by atoms with van der Waals surface area (Å²) in [6.45, 7) is 0. The standard InChI is InChI=1S/C20H11ClF3N5OS2/c21-14-6-12(20(22,23)24)8-29-17(14)27-28-19(29)32-10-16(30)13(7-25)18-26-15(9-31-18)11-4-2-1-3-5-11/h1-6,8-9,13H,10H2. The molecule has 0 radical (unpaired) electrons. The van der Waals surface area contributed by atoms with Crippen LogP contribution in [-0.2, 0) is 11.0 Å². The number of carbonyl (C=O) groups excluding carboxylic acids is 1. The maximum absolute atomic E-state index is 13.1. The number of pyridine rings is 1. The fraction of sp³-hybridized carbons (Fsp3) is 0.150. The zero-order chi connectivity index (χ0) is 22.9. The van der Waals surface area contributed by atoms with Crippen molar-refractivity contribution < 1.29 is 18.0 Å². The van der Waals surface area contributed by atoms with Gasteiger partial charge in [-0.2, -0.15) is 18.4 Å². The Labute approximate surface area is 192 Å². The molecule has 3 aromatic heterocycles. The molecule has 0 amide bonds. The van der Waals surface area contributed by atoms with Crippen molar-refractivity contribution in [2.75, 3.05) is 5.75 Å². The van der Waals surface area contributed by atoms with E-state index in [1.54, 1.807) is 5.38 Å². The number of hydrogen-bond donors (Lipinski definition) is 0. The van der Waals surface area contributed by atoms with Gasteiger partial charge in [0.15, 0.2) is 22.5 Å². The lowest BCUT2D eigenvalue weighted by atomic mass is 10.1. The number of thioether (sulfide) groups is 1. The predicted octanol–water partition coefficient (Wildman–Crippen LogP) is 5.49. The summed E-state index contributed by atoms with van der Waals surface area (Å²) >= 11 is 7.97. The van der Waals surface area contributed by atoms with E-state index in [0.717, 1.165) is 34.0 Å². The van der Waals surface area contributed by atoms with E-state index in [0.29, 0.717) is 10.7 Å². The summed E-state index contributed by atoms with van der Waals surface area (Å²) in [7, 11) is 0. The lowest BCUT2D eigenvalue weighted by Gasteiger charge is -2.09. The smallest absolute Gasteiger partial charge is 0.297 e. The lowest BCUT2D eigenvalue weighted by molar-refractivity contribution is -0.137. The molecule has 1 unspecified atom stereocenters. The molecule has 0 bridgehead atoms. The molecule has 4 rings (SSSR count). The summed E-state index contributed by atoms with van der Waals surface area (Å²) in [5.74, 6) is -1.74. The van der Waals surface area contributed by atoms with Crippen molar-refractivity contribution in [2.45, 2.75) is 17.3 Å². The predicted molar refractivity (Wildman–Crippen MR) is 115 cm³/mol. The molecule has 6 nitrogen and oxygen atoms in total. The Morgan fingerprint density at radius 1 is 1.28 bits per heavy atom. The average Bonchev–Trinajstić information content (AvgIpc) is 3.41. The van der Waals surface area contributed by atoms with Crippen LogP contribution in [0.25, 0.3) is 16.9 Å². The molecule has 12 heteroatoms. The van der Waals surface area contributed by atoms with Gasteiger partial charge in [0, 0.05) is 17.1 Å². The summed E-state index contributed by atoms with van der Waals surface area (Å²) in [4.78, 5) is 17.1. The van der Waals surface area contributed by atoms with Crippen molar-refractivity contribution in [2.24, 2.45) is 0 Å². The van der Waals surface area contributed by atoms with Gasteiger partial charge in [0.05, 0.1) is 28.1 Å². The minimum Gasteiger partial charge on any atom is -0.297 e. The topological polar surface area (TPSA) is 83.9 Å². The number of rotatable bonds is 6. The molecule has 0 aliphatic heterocycles. The van der Waals surface area contributed by atoms with Gasteiger partial charge in [-0.15, -0.1) is 21.5 Å². The first-order chi connectivity index (χ1) is 15.3. The Balaban J connectivity index is 1.53. The Morgan fingerprint density at radius 2 is 2.03 bits per heavy atom. The number of carbonyl (C=O) groups is 1. The number of halogens is 4. The first-order valence-corrected chi connectivity index (χ1v) is 11.2. The first kappa shape index (κ1) is 22.3. The van der Waals surface area contributed by atoms with E-state index in [1.807, 2.05) is 36.4 Å². The number of nitriles is 1. The quantitative estimate of drug-likeness (QED) is 0.330. The molecule has 1 atom stereocenters. The van der Waals surface area contributed by atoms with Gasteiger partial charge < -0.3 is 0 Å². The SMILES string of the molecule is N#CC(C(=O)CSc1nnc2c(Cl)cc(C(F)(F)F)cn12)c1nc(-c2ccccc2)cs1. The number of ketones is 1. The third kappa shape index (κ3) is 4.48. The van der Waals surface area contributed by atoms with Crippen LogP contribution in [0.15, 0.2) is 53.1 Å². The zero-order valence-electron chi connectivity index (χ0n) is 15.9. The molecule has 4 aromatic rings. The summed E-state index contributed by atoms with van der Waals surface area (Å²) in [6, 6.07) is 12.1. The Kier molecular flexibility index (Phi) is 6.19. The molecule has 1 aromatic carbocycles. The molecular weight excluding hydrogens is 483 g/mol. The average molecular weight is 494 g/mol. The molecule has 0 N–H and O–H groups in total. The van der Waals surface area contributed by atoms with Crippen LogP contribution in [-0.4, -0.2) is 31.1 Å². The highest BCUT2D eigenvalue weighted by Crippen LogP contribution is 2.34. The van der Waals surface area contributed by atoms with Crippen LogP contribution < -0.4 is 0 Å². The van der Waals surface area contributed by atoms with Crippen LogP contribution >= 0.6 is 34.7 Å². The van der Waals surface area contributed by atoms with Crippen molar-refractivity contribution in [3.63, 3.8) is 0 Å². The largest absolute Gasteiger partial charge is 0.417 e. The highest BCUT2D eigenvalue weighted by Gasteiger charge is 2.32. The van der Waals surface area contributed by atoms with Gasteiger partial charge in [0.2, 0.25) is 0 Å². The van der Waals surface area contributed by atoms with Gasteiger partial charge in [0.1, 0.15) is 5.01 Å². The second-order valence-electron chi connectivity index (χ2n) is 6.50. The van der Waals surface area contributed by atoms with Crippen molar-refractivity contribution in [3.05, 3.63) is 63.6 Å². The highest BCUT2D eigenvalue weighted by atomic mass is 35.5. The number of benzene rings is 1. The molecule has 32 heavy (non-hydrogen) atoms. The molecule has 0 fully saturated rings. The molecule has 0 aliphatic carbocycles. The number of aromatic nitrogens is 4. The first-order valence-electron chi connectivity index (χ1n) is 8.95. The molecule has 162 valence electrons. The van der Waals surface area contributed by atoms with Gasteiger partial charge in [0.25, 0.3) is 0 Å². The molecule has 0 saturated heterocycles. The van der Waals surface area contributed by atoms with Crippen LogP contribution in [0.1, 0.15) is 16.5 Å². The van der Waals surface area contributed by atoms with Crippen LogP contribution in [0.2, 0.25) is 5.02 Å². The number of fused-ring (bicyclic) bond motifs is 1. The summed E-state index contributed by atoms with van der Waals surface area (Å²) in [6.07, 6.45) is -3.78. The highest BCUT2D eigenvalue weighted by molar-refractivity contribution is 7.99. The number of Topliss-reactive ketones (excluding diaryl/α,β-unsaturated/α-hetero) is 1. The third-order valence-corrected chi connectivity index (χ3v) is 6.54. The molecule has 0 spiro atoms. The van der Waals surface area contributed by atoms with Crippen molar-refractivity contribution in [1.29, 1.82) is 5.26 Å². The van der Waals surface area contributed by atoms with Crippen molar-refractivity contribution in [1.82, 2.24) is 19.6 Å². The van der Waals surface area contributed by atoms with Crippen molar-refractivity contribution >= 4 is 46.1 Å². The second-order valence-corrected chi connectivity index (χ2v) is 8.74. The fourth-order valence-corrected chi connectivity index (χ4v) is 4.79. The van der Waals surface area contributed by atoms with E-state index in [4.69, 9.17) is 11.6 Å². The number of thiazole rings is 1. The Bertz CT molecular complexity index is 1330. The van der Waals surface area contributed by atoms with E-state index in [-0.39, 0.29) is 21.6 Å². The van der Waals surface area contributed by atoms with E-state index in [9.17, 15) is 23.2 Å². The fourth-order valence-electron chi connectivity index (χ4n) is 2.83. The Hall–Kier alpha value is -2.94.